The monoisotopic (exact) mass is 312 g/mol. The van der Waals surface area contributed by atoms with Crippen LogP contribution in [0.15, 0.2) is 48.5 Å². The molecule has 2 aromatic carbocycles. The summed E-state index contributed by atoms with van der Waals surface area (Å²) in [5, 5.41) is 2.57. The van der Waals surface area contributed by atoms with Crippen LogP contribution in [-0.2, 0) is 11.3 Å². The van der Waals surface area contributed by atoms with E-state index >= 15 is 0 Å². The summed E-state index contributed by atoms with van der Waals surface area (Å²) in [5.41, 5.74) is 2.01. The van der Waals surface area contributed by atoms with Crippen LogP contribution in [0.1, 0.15) is 5.56 Å². The Morgan fingerprint density at radius 1 is 1.26 bits per heavy atom. The number of ether oxygens (including phenoxy) is 1. The van der Waals surface area contributed by atoms with Crippen LogP contribution in [0.5, 0.6) is 0 Å². The zero-order chi connectivity index (χ0) is 16.7. The predicted octanol–water partition coefficient (Wildman–Crippen LogP) is 3.64. The molecule has 0 bridgehead atoms. The number of hydrogen-bond acceptors (Lipinski definition) is 3. The number of nitrogens with zero attached hydrogens (tertiary/aromatic N) is 1. The molecule has 0 spiro atoms. The SMILES string of the molecule is C#CCN(Cc1ccccc1F)c1ccc(NC(=O)OC)cc1. The molecule has 0 aromatic heterocycles. The smallest absolute Gasteiger partial charge is 0.411 e. The molecule has 2 rings (SSSR count). The number of halogens is 1. The molecule has 2 aromatic rings. The van der Waals surface area contributed by atoms with Gasteiger partial charge in [0.25, 0.3) is 0 Å². The number of benzene rings is 2. The molecule has 5 heteroatoms. The van der Waals surface area contributed by atoms with Gasteiger partial charge in [-0.3, -0.25) is 5.32 Å². The summed E-state index contributed by atoms with van der Waals surface area (Å²) >= 11 is 0. The van der Waals surface area contributed by atoms with Crippen LogP contribution < -0.4 is 10.2 Å². The molecule has 0 saturated heterocycles. The molecule has 0 heterocycles. The topological polar surface area (TPSA) is 41.6 Å². The Morgan fingerprint density at radius 2 is 1.96 bits per heavy atom. The summed E-state index contributed by atoms with van der Waals surface area (Å²) in [4.78, 5) is 13.0. The van der Waals surface area contributed by atoms with Crippen molar-refractivity contribution in [1.82, 2.24) is 0 Å². The molecule has 0 saturated carbocycles. The van der Waals surface area contributed by atoms with Gasteiger partial charge in [-0.15, -0.1) is 6.42 Å². The van der Waals surface area contributed by atoms with E-state index in [1.165, 1.54) is 13.2 Å². The van der Waals surface area contributed by atoms with Gasteiger partial charge in [0.1, 0.15) is 5.82 Å². The van der Waals surface area contributed by atoms with Gasteiger partial charge in [-0.05, 0) is 30.3 Å². The Bertz CT molecular complexity index is 708. The molecule has 23 heavy (non-hydrogen) atoms. The van der Waals surface area contributed by atoms with Crippen LogP contribution in [0.3, 0.4) is 0 Å². The minimum Gasteiger partial charge on any atom is -0.453 e. The number of hydrogen-bond donors (Lipinski definition) is 1. The van der Waals surface area contributed by atoms with Gasteiger partial charge in [0.05, 0.1) is 13.7 Å². The molecule has 0 atom stereocenters. The molecule has 0 aliphatic rings. The maximum absolute atomic E-state index is 13.8. The number of nitrogens with one attached hydrogen (secondary N) is 1. The summed E-state index contributed by atoms with van der Waals surface area (Å²) < 4.78 is 18.3. The lowest BCUT2D eigenvalue weighted by atomic mass is 10.1. The van der Waals surface area contributed by atoms with E-state index in [9.17, 15) is 9.18 Å². The van der Waals surface area contributed by atoms with Gasteiger partial charge in [0.15, 0.2) is 0 Å². The van der Waals surface area contributed by atoms with E-state index in [0.29, 0.717) is 24.3 Å². The second-order valence-corrected chi connectivity index (χ2v) is 4.82. The van der Waals surface area contributed by atoms with Gasteiger partial charge >= 0.3 is 6.09 Å². The Morgan fingerprint density at radius 3 is 2.57 bits per heavy atom. The highest BCUT2D eigenvalue weighted by Gasteiger charge is 2.10. The zero-order valence-corrected chi connectivity index (χ0v) is 12.8. The van der Waals surface area contributed by atoms with Crippen molar-refractivity contribution in [1.29, 1.82) is 0 Å². The molecule has 0 aliphatic heterocycles. The van der Waals surface area contributed by atoms with E-state index in [4.69, 9.17) is 6.42 Å². The van der Waals surface area contributed by atoms with Crippen LogP contribution in [0, 0.1) is 18.2 Å². The lowest BCUT2D eigenvalue weighted by Gasteiger charge is -2.23. The van der Waals surface area contributed by atoms with Crippen molar-refractivity contribution < 1.29 is 13.9 Å². The van der Waals surface area contributed by atoms with Gasteiger partial charge in [-0.25, -0.2) is 9.18 Å². The van der Waals surface area contributed by atoms with E-state index in [1.807, 2.05) is 17.0 Å². The first kappa shape index (κ1) is 16.4. The van der Waals surface area contributed by atoms with Gasteiger partial charge in [0, 0.05) is 23.5 Å². The van der Waals surface area contributed by atoms with Crippen LogP contribution in [0.25, 0.3) is 0 Å². The van der Waals surface area contributed by atoms with Gasteiger partial charge in [0.2, 0.25) is 0 Å². The van der Waals surface area contributed by atoms with Crippen molar-refractivity contribution in [3.63, 3.8) is 0 Å². The fourth-order valence-corrected chi connectivity index (χ4v) is 2.11. The molecule has 1 amide bonds. The normalized spacial score (nSPS) is 9.78. The van der Waals surface area contributed by atoms with E-state index in [1.54, 1.807) is 30.3 Å². The molecule has 118 valence electrons. The number of rotatable bonds is 5. The second-order valence-electron chi connectivity index (χ2n) is 4.82. The minimum absolute atomic E-state index is 0.265. The zero-order valence-electron chi connectivity index (χ0n) is 12.8. The largest absolute Gasteiger partial charge is 0.453 e. The molecule has 0 unspecified atom stereocenters. The summed E-state index contributed by atoms with van der Waals surface area (Å²) in [7, 11) is 1.30. The van der Waals surface area contributed by atoms with Crippen molar-refractivity contribution in [3.05, 3.63) is 59.9 Å². The van der Waals surface area contributed by atoms with Crippen molar-refractivity contribution in [2.45, 2.75) is 6.54 Å². The number of carbonyl (C=O) groups is 1. The van der Waals surface area contributed by atoms with Crippen LogP contribution in [-0.4, -0.2) is 19.7 Å². The first-order valence-corrected chi connectivity index (χ1v) is 7.01. The highest BCUT2D eigenvalue weighted by molar-refractivity contribution is 5.84. The third-order valence-electron chi connectivity index (χ3n) is 3.27. The fourth-order valence-electron chi connectivity index (χ4n) is 2.11. The average Bonchev–Trinajstić information content (AvgIpc) is 2.57. The van der Waals surface area contributed by atoms with Crippen LogP contribution >= 0.6 is 0 Å². The van der Waals surface area contributed by atoms with Gasteiger partial charge in [-0.1, -0.05) is 24.1 Å². The van der Waals surface area contributed by atoms with E-state index in [2.05, 4.69) is 16.0 Å². The Labute approximate surface area is 134 Å². The second kappa shape index (κ2) is 7.85. The standard InChI is InChI=1S/C18H17FN2O2/c1-3-12-21(13-14-6-4-5-7-17(14)19)16-10-8-15(9-11-16)20-18(22)23-2/h1,4-11H,12-13H2,2H3,(H,20,22). The van der Waals surface area contributed by atoms with Crippen molar-refractivity contribution >= 4 is 17.5 Å². The lowest BCUT2D eigenvalue weighted by Crippen LogP contribution is -2.23. The summed E-state index contributed by atoms with van der Waals surface area (Å²) in [6.45, 7) is 0.707. The maximum atomic E-state index is 13.8. The molecular formula is C18H17FN2O2. The molecule has 4 nitrogen and oxygen atoms in total. The maximum Gasteiger partial charge on any atom is 0.411 e. The highest BCUT2D eigenvalue weighted by atomic mass is 19.1. The number of methoxy groups -OCH3 is 1. The first-order chi connectivity index (χ1) is 11.1. The minimum atomic E-state index is -0.537. The molecular weight excluding hydrogens is 295 g/mol. The average molecular weight is 312 g/mol. The number of terminal acetylenes is 1. The number of amides is 1. The molecule has 0 aliphatic carbocycles. The summed E-state index contributed by atoms with van der Waals surface area (Å²) in [6.07, 6.45) is 4.88. The quantitative estimate of drug-likeness (QED) is 0.857. The Hall–Kier alpha value is -3.00. The van der Waals surface area contributed by atoms with E-state index in [0.717, 1.165) is 5.69 Å². The van der Waals surface area contributed by atoms with Crippen molar-refractivity contribution in [3.8, 4) is 12.3 Å². The fraction of sp³-hybridized carbons (Fsp3) is 0.167. The molecule has 1 N–H and O–H groups in total. The lowest BCUT2D eigenvalue weighted by molar-refractivity contribution is 0.187. The van der Waals surface area contributed by atoms with Gasteiger partial charge in [-0.2, -0.15) is 0 Å². The Balaban J connectivity index is 2.16. The number of carbonyl (C=O) groups excluding carboxylic acids is 1. The summed E-state index contributed by atoms with van der Waals surface area (Å²) in [5.74, 6) is 2.31. The van der Waals surface area contributed by atoms with Crippen LogP contribution in [0.2, 0.25) is 0 Å². The molecule has 0 radical (unpaired) electrons. The predicted molar refractivity (Wildman–Crippen MR) is 88.8 cm³/mol. The van der Waals surface area contributed by atoms with Crippen molar-refractivity contribution in [2.24, 2.45) is 0 Å². The number of anilines is 2. The molecule has 0 fully saturated rings. The van der Waals surface area contributed by atoms with E-state index < -0.39 is 6.09 Å². The third-order valence-corrected chi connectivity index (χ3v) is 3.27. The highest BCUT2D eigenvalue weighted by Crippen LogP contribution is 2.21. The van der Waals surface area contributed by atoms with E-state index in [-0.39, 0.29) is 5.82 Å². The third kappa shape index (κ3) is 4.48. The first-order valence-electron chi connectivity index (χ1n) is 7.01. The van der Waals surface area contributed by atoms with Gasteiger partial charge < -0.3 is 9.64 Å². The summed E-state index contributed by atoms with van der Waals surface area (Å²) in [6, 6.07) is 13.7. The van der Waals surface area contributed by atoms with Crippen molar-refractivity contribution in [2.75, 3.05) is 23.9 Å². The Kier molecular flexibility index (Phi) is 5.59. The van der Waals surface area contributed by atoms with Crippen LogP contribution in [0.4, 0.5) is 20.6 Å².